The van der Waals surface area contributed by atoms with Gasteiger partial charge in [-0.1, -0.05) is 23.4 Å². The molecule has 2 rings (SSSR count). The number of aryl methyl sites for hydroxylation is 3. The molecule has 0 bridgehead atoms. The Morgan fingerprint density at radius 3 is 2.75 bits per heavy atom. The number of aromatic nitrogens is 3. The Balaban J connectivity index is 2.10. The summed E-state index contributed by atoms with van der Waals surface area (Å²) in [4.78, 5) is 4.22. The lowest BCUT2D eigenvalue weighted by molar-refractivity contribution is 0.454. The van der Waals surface area contributed by atoms with Gasteiger partial charge in [-0.2, -0.15) is 5.10 Å². The van der Waals surface area contributed by atoms with E-state index in [0.29, 0.717) is 10.4 Å². The summed E-state index contributed by atoms with van der Waals surface area (Å²) >= 11 is 7.64. The van der Waals surface area contributed by atoms with Gasteiger partial charge >= 0.3 is 0 Å². The highest BCUT2D eigenvalue weighted by molar-refractivity contribution is 7.98. The first-order valence-electron chi connectivity index (χ1n) is 4.81. The normalized spacial score (nSPS) is 11.0. The summed E-state index contributed by atoms with van der Waals surface area (Å²) in [5.41, 5.74) is 2.87. The van der Waals surface area contributed by atoms with E-state index in [1.54, 1.807) is 10.9 Å². The Hall–Kier alpha value is -0.940. The molecule has 86 valence electrons. The molecule has 2 aromatic heterocycles. The molecular formula is C10H12ClN3OS. The van der Waals surface area contributed by atoms with Gasteiger partial charge < -0.3 is 4.42 Å². The Morgan fingerprint density at radius 2 is 2.25 bits per heavy atom. The highest BCUT2D eigenvalue weighted by Crippen LogP contribution is 2.27. The van der Waals surface area contributed by atoms with Crippen LogP contribution in [-0.2, 0) is 12.8 Å². The van der Waals surface area contributed by atoms with Gasteiger partial charge in [-0.3, -0.25) is 4.68 Å². The first-order valence-corrected chi connectivity index (χ1v) is 6.17. The molecule has 16 heavy (non-hydrogen) atoms. The molecule has 2 heterocycles. The zero-order chi connectivity index (χ0) is 11.7. The monoisotopic (exact) mass is 257 g/mol. The highest BCUT2D eigenvalue weighted by Gasteiger charge is 2.12. The minimum atomic E-state index is 0.664. The van der Waals surface area contributed by atoms with Gasteiger partial charge in [0.25, 0.3) is 5.22 Å². The molecule has 0 unspecified atom stereocenters. The Kier molecular flexibility index (Phi) is 3.25. The maximum Gasteiger partial charge on any atom is 0.256 e. The van der Waals surface area contributed by atoms with Crippen LogP contribution >= 0.6 is 23.4 Å². The van der Waals surface area contributed by atoms with Crippen LogP contribution in [0.4, 0.5) is 0 Å². The van der Waals surface area contributed by atoms with Crippen molar-refractivity contribution >= 4 is 23.4 Å². The van der Waals surface area contributed by atoms with Gasteiger partial charge in [0.2, 0.25) is 0 Å². The average Bonchev–Trinajstić information content (AvgIpc) is 2.72. The zero-order valence-corrected chi connectivity index (χ0v) is 10.9. The van der Waals surface area contributed by atoms with Crippen LogP contribution in [0.3, 0.4) is 0 Å². The fraction of sp³-hybridized carbons (Fsp3) is 0.400. The van der Waals surface area contributed by atoms with E-state index in [-0.39, 0.29) is 0 Å². The lowest BCUT2D eigenvalue weighted by atomic mass is 10.3. The number of oxazole rings is 1. The van der Waals surface area contributed by atoms with Gasteiger partial charge in [-0.05, 0) is 13.8 Å². The van der Waals surface area contributed by atoms with E-state index in [2.05, 4.69) is 10.1 Å². The molecule has 0 aliphatic carbocycles. The fourth-order valence-corrected chi connectivity index (χ4v) is 2.63. The van der Waals surface area contributed by atoms with Crippen LogP contribution in [0.2, 0.25) is 5.15 Å². The smallest absolute Gasteiger partial charge is 0.256 e. The molecule has 0 N–H and O–H groups in total. The second-order valence-corrected chi connectivity index (χ2v) is 4.81. The molecule has 0 aliphatic heterocycles. The summed E-state index contributed by atoms with van der Waals surface area (Å²) in [5.74, 6) is 0.721. The third kappa shape index (κ3) is 2.25. The predicted molar refractivity (Wildman–Crippen MR) is 63.8 cm³/mol. The van der Waals surface area contributed by atoms with Crippen molar-refractivity contribution in [1.82, 2.24) is 14.8 Å². The lowest BCUT2D eigenvalue weighted by Crippen LogP contribution is -1.89. The van der Waals surface area contributed by atoms with E-state index >= 15 is 0 Å². The minimum Gasteiger partial charge on any atom is -0.440 e. The number of nitrogens with zero attached hydrogens (tertiary/aromatic N) is 3. The maximum atomic E-state index is 6.12. The van der Waals surface area contributed by atoms with Gasteiger partial charge in [0, 0.05) is 18.4 Å². The van der Waals surface area contributed by atoms with Crippen molar-refractivity contribution in [2.45, 2.75) is 24.8 Å². The zero-order valence-electron chi connectivity index (χ0n) is 9.32. The molecule has 0 spiro atoms. The van der Waals surface area contributed by atoms with Gasteiger partial charge in [-0.15, -0.1) is 0 Å². The van der Waals surface area contributed by atoms with Crippen molar-refractivity contribution in [3.8, 4) is 0 Å². The average molecular weight is 258 g/mol. The SMILES string of the molecule is Cc1coc(SCc2c(C)nn(C)c2Cl)n1. The van der Waals surface area contributed by atoms with E-state index < -0.39 is 0 Å². The first-order chi connectivity index (χ1) is 7.58. The quantitative estimate of drug-likeness (QED) is 0.793. The van der Waals surface area contributed by atoms with Crippen LogP contribution in [0.15, 0.2) is 15.9 Å². The van der Waals surface area contributed by atoms with Crippen molar-refractivity contribution in [3.63, 3.8) is 0 Å². The van der Waals surface area contributed by atoms with Crippen LogP contribution in [0, 0.1) is 13.8 Å². The summed E-state index contributed by atoms with van der Waals surface area (Å²) in [6.07, 6.45) is 1.64. The largest absolute Gasteiger partial charge is 0.440 e. The Labute approximate surface area is 103 Å². The molecule has 0 saturated heterocycles. The van der Waals surface area contributed by atoms with Crippen LogP contribution < -0.4 is 0 Å². The van der Waals surface area contributed by atoms with Gasteiger partial charge in [-0.25, -0.2) is 4.98 Å². The summed E-state index contributed by atoms with van der Waals surface area (Å²) in [7, 11) is 1.83. The fourth-order valence-electron chi connectivity index (χ4n) is 1.37. The second kappa shape index (κ2) is 4.51. The van der Waals surface area contributed by atoms with Crippen LogP contribution in [0.25, 0.3) is 0 Å². The van der Waals surface area contributed by atoms with Crippen molar-refractivity contribution < 1.29 is 4.42 Å². The molecule has 4 nitrogen and oxygen atoms in total. The molecule has 0 amide bonds. The molecular weight excluding hydrogens is 246 g/mol. The molecule has 0 saturated carbocycles. The lowest BCUT2D eigenvalue weighted by Gasteiger charge is -1.97. The first kappa shape index (κ1) is 11.5. The van der Waals surface area contributed by atoms with E-state index in [0.717, 1.165) is 22.7 Å². The third-order valence-corrected chi connectivity index (χ3v) is 3.55. The Bertz CT molecular complexity index is 506. The number of hydrogen-bond donors (Lipinski definition) is 0. The van der Waals surface area contributed by atoms with Crippen LogP contribution in [-0.4, -0.2) is 14.8 Å². The third-order valence-electron chi connectivity index (χ3n) is 2.21. The molecule has 0 radical (unpaired) electrons. The van der Waals surface area contributed by atoms with E-state index in [9.17, 15) is 0 Å². The van der Waals surface area contributed by atoms with Gasteiger partial charge in [0.1, 0.15) is 11.4 Å². The number of hydrogen-bond acceptors (Lipinski definition) is 4. The molecule has 0 aromatic carbocycles. The van der Waals surface area contributed by atoms with Crippen LogP contribution in [0.5, 0.6) is 0 Å². The number of thioether (sulfide) groups is 1. The summed E-state index contributed by atoms with van der Waals surface area (Å²) in [6, 6.07) is 0. The second-order valence-electron chi connectivity index (χ2n) is 3.52. The van der Waals surface area contributed by atoms with Gasteiger partial charge in [0.15, 0.2) is 0 Å². The van der Waals surface area contributed by atoms with E-state index in [1.807, 2.05) is 20.9 Å². The highest BCUT2D eigenvalue weighted by atomic mass is 35.5. The molecule has 0 atom stereocenters. The number of halogens is 1. The van der Waals surface area contributed by atoms with Crippen molar-refractivity contribution in [1.29, 1.82) is 0 Å². The summed E-state index contributed by atoms with van der Waals surface area (Å²) in [6.45, 7) is 3.85. The van der Waals surface area contributed by atoms with Gasteiger partial charge in [0.05, 0.1) is 11.4 Å². The molecule has 0 aliphatic rings. The number of rotatable bonds is 3. The van der Waals surface area contributed by atoms with Crippen LogP contribution in [0.1, 0.15) is 17.0 Å². The molecule has 2 aromatic rings. The summed E-state index contributed by atoms with van der Waals surface area (Å²) in [5, 5.41) is 5.59. The minimum absolute atomic E-state index is 0.664. The maximum absolute atomic E-state index is 6.12. The van der Waals surface area contributed by atoms with Crippen molar-refractivity contribution in [3.05, 3.63) is 28.4 Å². The predicted octanol–water partition coefficient (Wildman–Crippen LogP) is 2.97. The molecule has 6 heteroatoms. The van der Waals surface area contributed by atoms with E-state index in [4.69, 9.17) is 16.0 Å². The summed E-state index contributed by atoms with van der Waals surface area (Å²) < 4.78 is 6.93. The standard InChI is InChI=1S/C10H12ClN3OS/c1-6-4-15-10(12-6)16-5-8-7(2)13-14(3)9(8)11/h4H,5H2,1-3H3. The van der Waals surface area contributed by atoms with Crippen molar-refractivity contribution in [2.75, 3.05) is 0 Å². The van der Waals surface area contributed by atoms with E-state index in [1.165, 1.54) is 11.8 Å². The Morgan fingerprint density at radius 1 is 1.50 bits per heavy atom. The van der Waals surface area contributed by atoms with Crippen molar-refractivity contribution in [2.24, 2.45) is 7.05 Å². The molecule has 0 fully saturated rings. The topological polar surface area (TPSA) is 43.9 Å².